The Balaban J connectivity index is 2.23. The molecule has 0 fully saturated rings. The van der Waals surface area contributed by atoms with E-state index >= 15 is 0 Å². The molecule has 0 aliphatic heterocycles. The molecule has 1 aromatic rings. The highest BCUT2D eigenvalue weighted by atomic mass is 19.4. The molecular formula is C13H14F3NO2. The first-order valence-electron chi connectivity index (χ1n) is 5.75. The number of rotatable bonds is 6. The molecule has 19 heavy (non-hydrogen) atoms. The van der Waals surface area contributed by atoms with Crippen molar-refractivity contribution in [3.05, 3.63) is 29.8 Å². The quantitative estimate of drug-likeness (QED) is 0.747. The summed E-state index contributed by atoms with van der Waals surface area (Å²) in [6.07, 6.45) is -5.76. The zero-order chi connectivity index (χ0) is 14.3. The minimum absolute atomic E-state index is 0.0291. The largest absolute Gasteiger partial charge is 0.493 e. The maximum Gasteiger partial charge on any atom is 0.414 e. The lowest BCUT2D eigenvalue weighted by Crippen LogP contribution is -2.29. The van der Waals surface area contributed by atoms with Gasteiger partial charge in [0.05, 0.1) is 24.8 Å². The Bertz CT molecular complexity index is 440. The Hall–Kier alpha value is -1.74. The molecule has 1 aromatic carbocycles. The number of nitrogens with zero attached hydrogens (tertiary/aromatic N) is 1. The van der Waals surface area contributed by atoms with Crippen LogP contribution in [0.5, 0.6) is 5.75 Å². The fourth-order valence-corrected chi connectivity index (χ4v) is 1.26. The predicted octanol–water partition coefficient (Wildman–Crippen LogP) is 3.29. The second-order valence-electron chi connectivity index (χ2n) is 3.90. The van der Waals surface area contributed by atoms with Crippen molar-refractivity contribution in [2.75, 3.05) is 13.2 Å². The van der Waals surface area contributed by atoms with Crippen LogP contribution in [0.25, 0.3) is 0 Å². The van der Waals surface area contributed by atoms with Gasteiger partial charge in [-0.3, -0.25) is 0 Å². The maximum absolute atomic E-state index is 12.1. The van der Waals surface area contributed by atoms with Gasteiger partial charge in [-0.15, -0.1) is 0 Å². The van der Waals surface area contributed by atoms with Gasteiger partial charge in [0.2, 0.25) is 0 Å². The Kier molecular flexibility index (Phi) is 5.64. The van der Waals surface area contributed by atoms with Gasteiger partial charge in [-0.25, -0.2) is 0 Å². The number of ether oxygens (including phenoxy) is 2. The number of alkyl halides is 3. The van der Waals surface area contributed by atoms with Crippen LogP contribution in [-0.2, 0) is 4.74 Å². The third-order valence-corrected chi connectivity index (χ3v) is 2.35. The lowest BCUT2D eigenvalue weighted by molar-refractivity contribution is -0.214. The summed E-state index contributed by atoms with van der Waals surface area (Å²) in [6, 6.07) is 8.54. The van der Waals surface area contributed by atoms with E-state index in [0.29, 0.717) is 17.7 Å². The van der Waals surface area contributed by atoms with Gasteiger partial charge in [0.15, 0.2) is 6.10 Å². The highest BCUT2D eigenvalue weighted by Gasteiger charge is 2.36. The van der Waals surface area contributed by atoms with Crippen LogP contribution >= 0.6 is 0 Å². The molecule has 0 saturated heterocycles. The molecule has 0 spiro atoms. The monoisotopic (exact) mass is 273 g/mol. The molecule has 0 N–H and O–H groups in total. The SMILES string of the molecule is CC(OCCCOc1cccc(C#N)c1)C(F)(F)F. The second-order valence-corrected chi connectivity index (χ2v) is 3.90. The Morgan fingerprint density at radius 2 is 2.05 bits per heavy atom. The standard InChI is InChI=1S/C13H14F3NO2/c1-10(13(14,15)16)18-6-3-7-19-12-5-2-4-11(8-12)9-17/h2,4-5,8,10H,3,6-7H2,1H3. The van der Waals surface area contributed by atoms with E-state index in [2.05, 4.69) is 4.74 Å². The number of hydrogen-bond acceptors (Lipinski definition) is 3. The molecule has 1 rings (SSSR count). The lowest BCUT2D eigenvalue weighted by Gasteiger charge is -2.16. The van der Waals surface area contributed by atoms with Crippen LogP contribution in [0.1, 0.15) is 18.9 Å². The van der Waals surface area contributed by atoms with Crippen molar-refractivity contribution in [2.45, 2.75) is 25.6 Å². The number of hydrogen-bond donors (Lipinski definition) is 0. The molecule has 0 bridgehead atoms. The van der Waals surface area contributed by atoms with Crippen LogP contribution in [0.4, 0.5) is 13.2 Å². The average Bonchev–Trinajstić information content (AvgIpc) is 2.37. The summed E-state index contributed by atoms with van der Waals surface area (Å²) in [6.45, 7) is 1.18. The summed E-state index contributed by atoms with van der Waals surface area (Å²) in [5.74, 6) is 0.517. The first-order valence-corrected chi connectivity index (χ1v) is 5.75. The van der Waals surface area contributed by atoms with Crippen molar-refractivity contribution in [1.82, 2.24) is 0 Å². The number of halogens is 3. The summed E-state index contributed by atoms with van der Waals surface area (Å²) in [7, 11) is 0. The van der Waals surface area contributed by atoms with E-state index in [0.717, 1.165) is 6.92 Å². The first kappa shape index (κ1) is 15.3. The molecule has 3 nitrogen and oxygen atoms in total. The van der Waals surface area contributed by atoms with Gasteiger partial charge >= 0.3 is 6.18 Å². The highest BCUT2D eigenvalue weighted by molar-refractivity contribution is 5.36. The third-order valence-electron chi connectivity index (χ3n) is 2.35. The van der Waals surface area contributed by atoms with E-state index in [1.54, 1.807) is 24.3 Å². The molecule has 0 heterocycles. The smallest absolute Gasteiger partial charge is 0.414 e. The van der Waals surface area contributed by atoms with E-state index < -0.39 is 12.3 Å². The van der Waals surface area contributed by atoms with Crippen LogP contribution in [0.2, 0.25) is 0 Å². The van der Waals surface area contributed by atoms with E-state index in [9.17, 15) is 13.2 Å². The third kappa shape index (κ3) is 5.62. The Morgan fingerprint density at radius 1 is 1.32 bits per heavy atom. The van der Waals surface area contributed by atoms with E-state index in [1.807, 2.05) is 6.07 Å². The number of nitriles is 1. The van der Waals surface area contributed by atoms with Gasteiger partial charge in [-0.05, 0) is 25.1 Å². The molecule has 6 heteroatoms. The fraction of sp³-hybridized carbons (Fsp3) is 0.462. The van der Waals surface area contributed by atoms with Crippen LogP contribution in [0, 0.1) is 11.3 Å². The lowest BCUT2D eigenvalue weighted by atomic mass is 10.2. The van der Waals surface area contributed by atoms with Gasteiger partial charge in [0.25, 0.3) is 0 Å². The molecule has 0 amide bonds. The summed E-state index contributed by atoms with van der Waals surface area (Å²) < 4.78 is 46.3. The van der Waals surface area contributed by atoms with Crippen LogP contribution < -0.4 is 4.74 Å². The molecule has 1 atom stereocenters. The predicted molar refractivity (Wildman–Crippen MR) is 62.7 cm³/mol. The molecule has 1 unspecified atom stereocenters. The molecule has 0 radical (unpaired) electrons. The summed E-state index contributed by atoms with van der Waals surface area (Å²) in [4.78, 5) is 0. The fourth-order valence-electron chi connectivity index (χ4n) is 1.26. The highest BCUT2D eigenvalue weighted by Crippen LogP contribution is 2.22. The van der Waals surface area contributed by atoms with Gasteiger partial charge in [-0.2, -0.15) is 18.4 Å². The van der Waals surface area contributed by atoms with Crippen LogP contribution in [0.15, 0.2) is 24.3 Å². The minimum atomic E-state index is -4.33. The van der Waals surface area contributed by atoms with Crippen LogP contribution in [-0.4, -0.2) is 25.5 Å². The van der Waals surface area contributed by atoms with Crippen molar-refractivity contribution < 1.29 is 22.6 Å². The molecular weight excluding hydrogens is 259 g/mol. The minimum Gasteiger partial charge on any atom is -0.493 e. The summed E-state index contributed by atoms with van der Waals surface area (Å²) in [5, 5.41) is 8.68. The van der Waals surface area contributed by atoms with E-state index in [4.69, 9.17) is 10.00 Å². The molecule has 0 aliphatic rings. The summed E-state index contributed by atoms with van der Waals surface area (Å²) in [5.41, 5.74) is 0.472. The Labute approximate surface area is 109 Å². The zero-order valence-electron chi connectivity index (χ0n) is 10.4. The molecule has 0 aromatic heterocycles. The normalized spacial score (nSPS) is 12.8. The first-order chi connectivity index (χ1) is 8.93. The summed E-state index contributed by atoms with van der Waals surface area (Å²) >= 11 is 0. The zero-order valence-corrected chi connectivity index (χ0v) is 10.4. The van der Waals surface area contributed by atoms with Gasteiger partial charge in [0.1, 0.15) is 5.75 Å². The van der Waals surface area contributed by atoms with Crippen LogP contribution in [0.3, 0.4) is 0 Å². The van der Waals surface area contributed by atoms with Crippen molar-refractivity contribution in [2.24, 2.45) is 0 Å². The van der Waals surface area contributed by atoms with E-state index in [1.165, 1.54) is 0 Å². The maximum atomic E-state index is 12.1. The number of benzene rings is 1. The van der Waals surface area contributed by atoms with Crippen molar-refractivity contribution in [3.8, 4) is 11.8 Å². The molecule has 0 aliphatic carbocycles. The van der Waals surface area contributed by atoms with Crippen molar-refractivity contribution >= 4 is 0 Å². The van der Waals surface area contributed by atoms with Crippen molar-refractivity contribution in [1.29, 1.82) is 5.26 Å². The molecule has 104 valence electrons. The molecule has 0 saturated carbocycles. The van der Waals surface area contributed by atoms with E-state index in [-0.39, 0.29) is 13.2 Å². The van der Waals surface area contributed by atoms with Crippen molar-refractivity contribution in [3.63, 3.8) is 0 Å². The average molecular weight is 273 g/mol. The van der Waals surface area contributed by atoms with Gasteiger partial charge in [0, 0.05) is 6.42 Å². The van der Waals surface area contributed by atoms with Gasteiger partial charge in [-0.1, -0.05) is 6.07 Å². The topological polar surface area (TPSA) is 42.2 Å². The Morgan fingerprint density at radius 3 is 2.68 bits per heavy atom. The second kappa shape index (κ2) is 7.00. The van der Waals surface area contributed by atoms with Gasteiger partial charge < -0.3 is 9.47 Å².